The lowest BCUT2D eigenvalue weighted by molar-refractivity contribution is -0.133. The van der Waals surface area contributed by atoms with Gasteiger partial charge in [-0.15, -0.1) is 0 Å². The molecule has 4 heteroatoms. The lowest BCUT2D eigenvalue weighted by atomic mass is 10.2. The Morgan fingerprint density at radius 2 is 2.33 bits per heavy atom. The van der Waals surface area contributed by atoms with E-state index in [-0.39, 0.29) is 11.7 Å². The van der Waals surface area contributed by atoms with Crippen LogP contribution in [0.1, 0.15) is 13.3 Å². The molecular formula is C11H11NO3. The topological polar surface area (TPSA) is 62.3 Å². The molecule has 0 radical (unpaired) electrons. The van der Waals surface area contributed by atoms with Crippen LogP contribution in [0.3, 0.4) is 0 Å². The zero-order chi connectivity index (χ0) is 10.8. The summed E-state index contributed by atoms with van der Waals surface area (Å²) in [6, 6.07) is 4.86. The summed E-state index contributed by atoms with van der Waals surface area (Å²) in [5, 5.41) is 10.0. The number of aromatic hydroxyl groups is 1. The van der Waals surface area contributed by atoms with E-state index in [1.54, 1.807) is 31.3 Å². The minimum Gasteiger partial charge on any atom is -0.508 e. The highest BCUT2D eigenvalue weighted by Crippen LogP contribution is 2.28. The van der Waals surface area contributed by atoms with Crippen LogP contribution in [0.5, 0.6) is 11.5 Å². The van der Waals surface area contributed by atoms with E-state index in [4.69, 9.17) is 4.74 Å². The fourth-order valence-corrected chi connectivity index (χ4v) is 1.36. The van der Waals surface area contributed by atoms with Gasteiger partial charge in [-0.3, -0.25) is 4.79 Å². The number of fused-ring (bicyclic) bond motifs is 1. The minimum absolute atomic E-state index is 0.149. The minimum atomic E-state index is -0.292. The molecular weight excluding hydrogens is 194 g/mol. The first-order valence-corrected chi connectivity index (χ1v) is 4.71. The number of benzene rings is 1. The number of hydrogen-bond donors (Lipinski definition) is 2. The monoisotopic (exact) mass is 205 g/mol. The van der Waals surface area contributed by atoms with Crippen LogP contribution >= 0.6 is 0 Å². The summed E-state index contributed by atoms with van der Waals surface area (Å²) in [6.07, 6.45) is 1.93. The van der Waals surface area contributed by atoms with Crippen LogP contribution in [0.4, 0.5) is 0 Å². The number of carbonyl (C=O) groups excluding carboxylic acids is 1. The Morgan fingerprint density at radius 1 is 1.53 bits per heavy atom. The maximum atomic E-state index is 11.1. The molecule has 1 aromatic heterocycles. The van der Waals surface area contributed by atoms with Gasteiger partial charge in [0.15, 0.2) is 5.75 Å². The molecule has 0 amide bonds. The third-order valence-electron chi connectivity index (χ3n) is 2.14. The summed E-state index contributed by atoms with van der Waals surface area (Å²) < 4.78 is 5.09. The number of aromatic nitrogens is 1. The Labute approximate surface area is 86.5 Å². The Morgan fingerprint density at radius 3 is 3.07 bits per heavy atom. The number of carbonyl (C=O) groups is 1. The number of phenolic OH excluding ortho intramolecular Hbond substituents is 1. The van der Waals surface area contributed by atoms with Gasteiger partial charge in [0.1, 0.15) is 5.75 Å². The van der Waals surface area contributed by atoms with Gasteiger partial charge in [0.25, 0.3) is 0 Å². The number of phenols is 1. The molecule has 0 aliphatic rings. The van der Waals surface area contributed by atoms with E-state index >= 15 is 0 Å². The van der Waals surface area contributed by atoms with Crippen molar-refractivity contribution in [3.8, 4) is 11.5 Å². The molecule has 2 aromatic rings. The molecule has 0 saturated heterocycles. The Balaban J connectivity index is 2.43. The lowest BCUT2D eigenvalue weighted by Gasteiger charge is -2.00. The zero-order valence-corrected chi connectivity index (χ0v) is 8.28. The molecule has 2 N–H and O–H groups in total. The van der Waals surface area contributed by atoms with Gasteiger partial charge in [0.05, 0.1) is 0 Å². The third-order valence-corrected chi connectivity index (χ3v) is 2.14. The summed E-state index contributed by atoms with van der Waals surface area (Å²) >= 11 is 0. The van der Waals surface area contributed by atoms with E-state index in [1.807, 2.05) is 0 Å². The first-order chi connectivity index (χ1) is 7.20. The first kappa shape index (κ1) is 9.58. The van der Waals surface area contributed by atoms with Crippen LogP contribution in [-0.4, -0.2) is 16.1 Å². The van der Waals surface area contributed by atoms with Crippen LogP contribution in [0.15, 0.2) is 24.4 Å². The van der Waals surface area contributed by atoms with Crippen LogP contribution in [-0.2, 0) is 4.79 Å². The summed E-state index contributed by atoms with van der Waals surface area (Å²) in [7, 11) is 0. The van der Waals surface area contributed by atoms with Crippen LogP contribution in [0, 0.1) is 0 Å². The second-order valence-corrected chi connectivity index (χ2v) is 3.21. The van der Waals surface area contributed by atoms with Gasteiger partial charge in [0.2, 0.25) is 0 Å². The van der Waals surface area contributed by atoms with Gasteiger partial charge in [-0.1, -0.05) is 6.92 Å². The van der Waals surface area contributed by atoms with E-state index < -0.39 is 0 Å². The zero-order valence-electron chi connectivity index (χ0n) is 8.28. The first-order valence-electron chi connectivity index (χ1n) is 4.71. The average molecular weight is 205 g/mol. The number of hydrogen-bond acceptors (Lipinski definition) is 3. The fourth-order valence-electron chi connectivity index (χ4n) is 1.36. The van der Waals surface area contributed by atoms with Crippen molar-refractivity contribution in [1.82, 2.24) is 4.98 Å². The molecule has 0 spiro atoms. The van der Waals surface area contributed by atoms with Gasteiger partial charge >= 0.3 is 5.97 Å². The largest absolute Gasteiger partial charge is 0.508 e. The Kier molecular flexibility index (Phi) is 2.33. The molecule has 0 fully saturated rings. The summed E-state index contributed by atoms with van der Waals surface area (Å²) in [5.41, 5.74) is 0.826. The Bertz CT molecular complexity index is 502. The van der Waals surface area contributed by atoms with Crippen molar-refractivity contribution >= 4 is 16.9 Å². The number of nitrogens with one attached hydrogen (secondary N) is 1. The summed E-state index contributed by atoms with van der Waals surface area (Å²) in [4.78, 5) is 14.1. The van der Waals surface area contributed by atoms with Crippen molar-refractivity contribution in [2.24, 2.45) is 0 Å². The molecule has 2 rings (SSSR count). The van der Waals surface area contributed by atoms with E-state index in [2.05, 4.69) is 4.98 Å². The molecule has 15 heavy (non-hydrogen) atoms. The number of H-pyrrole nitrogens is 1. The van der Waals surface area contributed by atoms with Gasteiger partial charge in [-0.05, 0) is 18.2 Å². The fraction of sp³-hybridized carbons (Fsp3) is 0.182. The van der Waals surface area contributed by atoms with Crippen molar-refractivity contribution in [2.45, 2.75) is 13.3 Å². The predicted molar refractivity (Wildman–Crippen MR) is 55.9 cm³/mol. The quantitative estimate of drug-likeness (QED) is 0.738. The van der Waals surface area contributed by atoms with Gasteiger partial charge in [-0.25, -0.2) is 0 Å². The average Bonchev–Trinajstić information content (AvgIpc) is 2.61. The molecule has 1 aromatic carbocycles. The molecule has 78 valence electrons. The smallest absolute Gasteiger partial charge is 0.310 e. The van der Waals surface area contributed by atoms with Crippen LogP contribution in [0.25, 0.3) is 10.9 Å². The molecule has 1 heterocycles. The third kappa shape index (κ3) is 1.79. The van der Waals surface area contributed by atoms with Crippen molar-refractivity contribution in [1.29, 1.82) is 0 Å². The normalized spacial score (nSPS) is 10.5. The highest BCUT2D eigenvalue weighted by molar-refractivity contribution is 5.89. The van der Waals surface area contributed by atoms with Crippen LogP contribution < -0.4 is 4.74 Å². The standard InChI is InChI=1S/C11H11NO3/c1-2-11(14)15-10-6-12-9-4-3-7(13)5-8(9)10/h3-6,12-13H,2H2,1H3. The molecule has 0 aliphatic carbocycles. The van der Waals surface area contributed by atoms with Crippen molar-refractivity contribution in [3.63, 3.8) is 0 Å². The lowest BCUT2D eigenvalue weighted by Crippen LogP contribution is -2.04. The molecule has 4 nitrogen and oxygen atoms in total. The van der Waals surface area contributed by atoms with E-state index in [0.717, 1.165) is 5.52 Å². The van der Waals surface area contributed by atoms with Gasteiger partial charge in [-0.2, -0.15) is 0 Å². The molecule has 0 atom stereocenters. The van der Waals surface area contributed by atoms with E-state index in [0.29, 0.717) is 17.6 Å². The van der Waals surface area contributed by atoms with Gasteiger partial charge in [0, 0.05) is 23.5 Å². The maximum absolute atomic E-state index is 11.1. The number of rotatable bonds is 2. The van der Waals surface area contributed by atoms with Gasteiger partial charge < -0.3 is 14.8 Å². The van der Waals surface area contributed by atoms with E-state index in [1.165, 1.54) is 0 Å². The summed E-state index contributed by atoms with van der Waals surface area (Å²) in [5.74, 6) is 0.308. The summed E-state index contributed by atoms with van der Waals surface area (Å²) in [6.45, 7) is 1.73. The highest BCUT2D eigenvalue weighted by atomic mass is 16.5. The second-order valence-electron chi connectivity index (χ2n) is 3.21. The van der Waals surface area contributed by atoms with Crippen molar-refractivity contribution in [2.75, 3.05) is 0 Å². The Hall–Kier alpha value is -1.97. The number of esters is 1. The predicted octanol–water partition coefficient (Wildman–Crippen LogP) is 2.19. The molecule has 0 aliphatic heterocycles. The van der Waals surface area contributed by atoms with Crippen molar-refractivity contribution < 1.29 is 14.6 Å². The number of ether oxygens (including phenoxy) is 1. The van der Waals surface area contributed by atoms with Crippen molar-refractivity contribution in [3.05, 3.63) is 24.4 Å². The van der Waals surface area contributed by atoms with E-state index in [9.17, 15) is 9.90 Å². The SMILES string of the molecule is CCC(=O)Oc1c[nH]c2ccc(O)cc12. The molecule has 0 bridgehead atoms. The van der Waals surface area contributed by atoms with Crippen LogP contribution in [0.2, 0.25) is 0 Å². The second kappa shape index (κ2) is 3.65. The molecule has 0 unspecified atom stereocenters. The maximum Gasteiger partial charge on any atom is 0.310 e. The molecule has 0 saturated carbocycles. The number of aromatic amines is 1. The highest BCUT2D eigenvalue weighted by Gasteiger charge is 2.08.